The molecule has 2 rings (SSSR count). The molecule has 0 aliphatic heterocycles. The van der Waals surface area contributed by atoms with Gasteiger partial charge in [0.05, 0.1) is 7.11 Å². The summed E-state index contributed by atoms with van der Waals surface area (Å²) in [6, 6.07) is 11.9. The van der Waals surface area contributed by atoms with E-state index in [9.17, 15) is 14.4 Å². The molecule has 0 aliphatic carbocycles. The van der Waals surface area contributed by atoms with Gasteiger partial charge in [-0.3, -0.25) is 9.59 Å². The molecule has 0 fully saturated rings. The van der Waals surface area contributed by atoms with Crippen molar-refractivity contribution in [3.05, 3.63) is 53.6 Å². The van der Waals surface area contributed by atoms with Gasteiger partial charge in [-0.25, -0.2) is 4.79 Å². The molecule has 0 saturated heterocycles. The van der Waals surface area contributed by atoms with E-state index in [2.05, 4.69) is 5.32 Å². The number of Topliss-reactive ketones (excluding diaryl/α,β-unsaturated/α-hetero) is 1. The molecule has 0 aliphatic rings. The van der Waals surface area contributed by atoms with Gasteiger partial charge in [0.2, 0.25) is 0 Å². The molecular formula is C21H23NO6. The number of rotatable bonds is 8. The zero-order valence-electron chi connectivity index (χ0n) is 16.3. The van der Waals surface area contributed by atoms with E-state index in [0.29, 0.717) is 22.7 Å². The molecule has 1 amide bonds. The lowest BCUT2D eigenvalue weighted by atomic mass is 10.1. The second kappa shape index (κ2) is 9.55. The zero-order chi connectivity index (χ0) is 20.7. The Balaban J connectivity index is 1.89. The highest BCUT2D eigenvalue weighted by molar-refractivity contribution is 5.95. The molecule has 0 saturated carbocycles. The van der Waals surface area contributed by atoms with Crippen LogP contribution in [-0.4, -0.2) is 37.5 Å². The molecular weight excluding hydrogens is 362 g/mol. The molecule has 0 unspecified atom stereocenters. The van der Waals surface area contributed by atoms with Crippen LogP contribution in [0.15, 0.2) is 42.5 Å². The number of esters is 1. The molecule has 2 aromatic carbocycles. The number of carbonyl (C=O) groups is 3. The Morgan fingerprint density at radius 1 is 1.07 bits per heavy atom. The fourth-order valence-electron chi connectivity index (χ4n) is 2.39. The lowest BCUT2D eigenvalue weighted by Crippen LogP contribution is -2.31. The van der Waals surface area contributed by atoms with E-state index in [0.717, 1.165) is 5.56 Å². The molecule has 2 aromatic rings. The number of carbonyl (C=O) groups excluding carboxylic acids is 3. The fraction of sp³-hybridized carbons (Fsp3) is 0.286. The summed E-state index contributed by atoms with van der Waals surface area (Å²) >= 11 is 0. The Labute approximate surface area is 163 Å². The van der Waals surface area contributed by atoms with Gasteiger partial charge in [0, 0.05) is 11.3 Å². The first-order valence-electron chi connectivity index (χ1n) is 8.69. The van der Waals surface area contributed by atoms with Crippen molar-refractivity contribution >= 4 is 23.3 Å². The number of nitrogens with one attached hydrogen (secondary N) is 1. The van der Waals surface area contributed by atoms with Gasteiger partial charge in [0.1, 0.15) is 0 Å². The highest BCUT2D eigenvalue weighted by Crippen LogP contribution is 2.28. The number of ketones is 1. The van der Waals surface area contributed by atoms with Crippen LogP contribution in [0.1, 0.15) is 29.8 Å². The van der Waals surface area contributed by atoms with Gasteiger partial charge >= 0.3 is 5.97 Å². The lowest BCUT2D eigenvalue weighted by molar-refractivity contribution is -0.155. The molecule has 0 spiro atoms. The summed E-state index contributed by atoms with van der Waals surface area (Å²) in [7, 11) is 1.43. The van der Waals surface area contributed by atoms with Crippen molar-refractivity contribution in [3.63, 3.8) is 0 Å². The Hall–Kier alpha value is -3.35. The van der Waals surface area contributed by atoms with Crippen LogP contribution in [-0.2, 0) is 14.3 Å². The maximum atomic E-state index is 12.2. The van der Waals surface area contributed by atoms with E-state index in [1.807, 2.05) is 25.1 Å². The summed E-state index contributed by atoms with van der Waals surface area (Å²) < 4.78 is 15.7. The number of ether oxygens (including phenoxy) is 3. The normalized spacial score (nSPS) is 11.3. The first kappa shape index (κ1) is 21.0. The minimum absolute atomic E-state index is 0.113. The monoisotopic (exact) mass is 385 g/mol. The zero-order valence-corrected chi connectivity index (χ0v) is 16.3. The van der Waals surface area contributed by atoms with Crippen LogP contribution in [0.4, 0.5) is 5.69 Å². The van der Waals surface area contributed by atoms with Crippen molar-refractivity contribution in [2.24, 2.45) is 0 Å². The second-order valence-electron chi connectivity index (χ2n) is 6.20. The van der Waals surface area contributed by atoms with Crippen molar-refractivity contribution < 1.29 is 28.6 Å². The van der Waals surface area contributed by atoms with E-state index >= 15 is 0 Å². The topological polar surface area (TPSA) is 90.9 Å². The Kier molecular flexibility index (Phi) is 7.14. The van der Waals surface area contributed by atoms with Crippen LogP contribution in [0.25, 0.3) is 0 Å². The number of hydrogen-bond donors (Lipinski definition) is 1. The predicted octanol–water partition coefficient (Wildman–Crippen LogP) is 3.16. The standard InChI is InChI=1S/C21H23NO6/c1-13-6-5-7-17(10-13)22-21(25)15(3)28-20(24)12-27-18-9-8-16(14(2)23)11-19(18)26-4/h5-11,15H,12H2,1-4H3,(H,22,25)/t15-/m1/s1. The molecule has 0 aromatic heterocycles. The van der Waals surface area contributed by atoms with Crippen LogP contribution < -0.4 is 14.8 Å². The summed E-state index contributed by atoms with van der Waals surface area (Å²) in [5.41, 5.74) is 2.09. The van der Waals surface area contributed by atoms with E-state index in [-0.39, 0.29) is 5.78 Å². The summed E-state index contributed by atoms with van der Waals surface area (Å²) in [6.45, 7) is 4.42. The van der Waals surface area contributed by atoms with E-state index in [1.54, 1.807) is 12.1 Å². The summed E-state index contributed by atoms with van der Waals surface area (Å²) in [4.78, 5) is 35.6. The van der Waals surface area contributed by atoms with Gasteiger partial charge in [0.15, 0.2) is 30.0 Å². The molecule has 1 N–H and O–H groups in total. The number of hydrogen-bond acceptors (Lipinski definition) is 6. The largest absolute Gasteiger partial charge is 0.493 e. The first-order valence-corrected chi connectivity index (χ1v) is 8.69. The van der Waals surface area contributed by atoms with Gasteiger partial charge in [-0.05, 0) is 56.7 Å². The molecule has 7 nitrogen and oxygen atoms in total. The van der Waals surface area contributed by atoms with Crippen molar-refractivity contribution in [2.75, 3.05) is 19.0 Å². The van der Waals surface area contributed by atoms with Crippen molar-refractivity contribution in [1.82, 2.24) is 0 Å². The van der Waals surface area contributed by atoms with E-state index in [1.165, 1.54) is 33.1 Å². The molecule has 0 heterocycles. The molecule has 0 radical (unpaired) electrons. The predicted molar refractivity (Wildman–Crippen MR) is 104 cm³/mol. The highest BCUT2D eigenvalue weighted by Gasteiger charge is 2.19. The van der Waals surface area contributed by atoms with Crippen LogP contribution >= 0.6 is 0 Å². The van der Waals surface area contributed by atoms with Gasteiger partial charge in [-0.2, -0.15) is 0 Å². The molecule has 0 bridgehead atoms. The maximum absolute atomic E-state index is 12.2. The molecule has 7 heteroatoms. The summed E-state index contributed by atoms with van der Waals surface area (Å²) in [6.07, 6.45) is -0.987. The van der Waals surface area contributed by atoms with Crippen molar-refractivity contribution in [1.29, 1.82) is 0 Å². The number of amides is 1. The summed E-state index contributed by atoms with van der Waals surface area (Å²) in [5, 5.41) is 2.69. The Morgan fingerprint density at radius 2 is 1.82 bits per heavy atom. The number of methoxy groups -OCH3 is 1. The number of benzene rings is 2. The van der Waals surface area contributed by atoms with Gasteiger partial charge in [-0.1, -0.05) is 12.1 Å². The molecule has 28 heavy (non-hydrogen) atoms. The minimum Gasteiger partial charge on any atom is -0.493 e. The SMILES string of the molecule is COc1cc(C(C)=O)ccc1OCC(=O)O[C@H](C)C(=O)Nc1cccc(C)c1. The van der Waals surface area contributed by atoms with Crippen molar-refractivity contribution in [2.45, 2.75) is 26.9 Å². The van der Waals surface area contributed by atoms with E-state index < -0.39 is 24.6 Å². The van der Waals surface area contributed by atoms with Crippen LogP contribution in [0.3, 0.4) is 0 Å². The average molecular weight is 385 g/mol. The van der Waals surface area contributed by atoms with Crippen LogP contribution in [0.5, 0.6) is 11.5 Å². The molecule has 1 atom stereocenters. The lowest BCUT2D eigenvalue weighted by Gasteiger charge is -2.15. The Bertz CT molecular complexity index is 877. The quantitative estimate of drug-likeness (QED) is 0.554. The maximum Gasteiger partial charge on any atom is 0.344 e. The Morgan fingerprint density at radius 3 is 2.46 bits per heavy atom. The highest BCUT2D eigenvalue weighted by atomic mass is 16.6. The van der Waals surface area contributed by atoms with E-state index in [4.69, 9.17) is 14.2 Å². The fourth-order valence-corrected chi connectivity index (χ4v) is 2.39. The third-order valence-electron chi connectivity index (χ3n) is 3.88. The van der Waals surface area contributed by atoms with Gasteiger partial charge < -0.3 is 19.5 Å². The van der Waals surface area contributed by atoms with Crippen molar-refractivity contribution in [3.8, 4) is 11.5 Å². The molecule has 148 valence electrons. The second-order valence-corrected chi connectivity index (χ2v) is 6.20. The number of anilines is 1. The third kappa shape index (κ3) is 5.84. The van der Waals surface area contributed by atoms with Gasteiger partial charge in [-0.15, -0.1) is 0 Å². The summed E-state index contributed by atoms with van der Waals surface area (Å²) in [5.74, 6) is -0.642. The third-order valence-corrected chi connectivity index (χ3v) is 3.88. The van der Waals surface area contributed by atoms with Gasteiger partial charge in [0.25, 0.3) is 5.91 Å². The smallest absolute Gasteiger partial charge is 0.344 e. The van der Waals surface area contributed by atoms with Crippen LogP contribution in [0.2, 0.25) is 0 Å². The minimum atomic E-state index is -0.987. The van der Waals surface area contributed by atoms with Crippen LogP contribution in [0, 0.1) is 6.92 Å². The number of aryl methyl sites for hydroxylation is 1. The first-order chi connectivity index (χ1) is 13.3. The average Bonchev–Trinajstić information content (AvgIpc) is 2.66.